The summed E-state index contributed by atoms with van der Waals surface area (Å²) in [5.41, 5.74) is 3.71. The van der Waals surface area contributed by atoms with E-state index in [4.69, 9.17) is 9.47 Å². The predicted molar refractivity (Wildman–Crippen MR) is 48.6 cm³/mol. The molecule has 1 fully saturated rings. The van der Waals surface area contributed by atoms with Crippen LogP contribution >= 0.6 is 0 Å². The van der Waals surface area contributed by atoms with Gasteiger partial charge in [-0.15, -0.1) is 0 Å². The van der Waals surface area contributed by atoms with Gasteiger partial charge in [0.1, 0.15) is 0 Å². The van der Waals surface area contributed by atoms with Gasteiger partial charge in [0.2, 0.25) is 5.79 Å². The van der Waals surface area contributed by atoms with E-state index in [0.29, 0.717) is 13.2 Å². The maximum atomic E-state index is 5.68. The van der Waals surface area contributed by atoms with Gasteiger partial charge in [-0.2, -0.15) is 0 Å². The average molecular weight is 179 g/mol. The van der Waals surface area contributed by atoms with Crippen LogP contribution in [0.2, 0.25) is 0 Å². The third-order valence-electron chi connectivity index (χ3n) is 2.98. The lowest BCUT2D eigenvalue weighted by molar-refractivity contribution is -0.124. The van der Waals surface area contributed by atoms with Crippen molar-refractivity contribution in [3.8, 4) is 0 Å². The van der Waals surface area contributed by atoms with Gasteiger partial charge in [-0.1, -0.05) is 0 Å². The minimum atomic E-state index is -0.437. The van der Waals surface area contributed by atoms with Gasteiger partial charge in [-0.25, -0.2) is 0 Å². The predicted octanol–water partition coefficient (Wildman–Crippen LogP) is 1.64. The van der Waals surface area contributed by atoms with Crippen LogP contribution in [0.15, 0.2) is 16.3 Å². The molecular weight excluding hydrogens is 166 g/mol. The van der Waals surface area contributed by atoms with Crippen molar-refractivity contribution in [3.05, 3.63) is 11.3 Å². The van der Waals surface area contributed by atoms with Gasteiger partial charge < -0.3 is 9.47 Å². The highest BCUT2D eigenvalue weighted by Crippen LogP contribution is 2.46. The van der Waals surface area contributed by atoms with Crippen molar-refractivity contribution in [2.24, 2.45) is 4.99 Å². The highest BCUT2D eigenvalue weighted by molar-refractivity contribution is 5.88. The number of hydrogen-bond acceptors (Lipinski definition) is 3. The molecular formula is C10H13NO2. The zero-order valence-electron chi connectivity index (χ0n) is 7.80. The zero-order valence-corrected chi connectivity index (χ0v) is 7.80. The molecule has 0 N–H and O–H groups in total. The Balaban J connectivity index is 2.00. The second-order valence-corrected chi connectivity index (χ2v) is 3.93. The minimum absolute atomic E-state index is 0.437. The number of aliphatic imine (C=N–C) groups is 1. The molecule has 0 aromatic heterocycles. The van der Waals surface area contributed by atoms with Gasteiger partial charge in [0.25, 0.3) is 0 Å². The molecule has 3 heteroatoms. The lowest BCUT2D eigenvalue weighted by atomic mass is 10.1. The Bertz CT molecular complexity index is 311. The van der Waals surface area contributed by atoms with Gasteiger partial charge >= 0.3 is 0 Å². The molecule has 1 spiro atoms. The van der Waals surface area contributed by atoms with E-state index in [1.165, 1.54) is 11.3 Å². The van der Waals surface area contributed by atoms with Crippen LogP contribution in [0.3, 0.4) is 0 Å². The van der Waals surface area contributed by atoms with Gasteiger partial charge in [-0.05, 0) is 18.9 Å². The number of ether oxygens (including phenoxy) is 2. The third kappa shape index (κ3) is 0.944. The Hall–Kier alpha value is -0.670. The fraction of sp³-hybridized carbons (Fsp3) is 0.700. The smallest absolute Gasteiger partial charge is 0.212 e. The molecule has 0 radical (unpaired) electrons. The maximum Gasteiger partial charge on any atom is 0.212 e. The van der Waals surface area contributed by atoms with Crippen LogP contribution < -0.4 is 0 Å². The Labute approximate surface area is 77.4 Å². The largest absolute Gasteiger partial charge is 0.342 e. The second kappa shape index (κ2) is 2.42. The second-order valence-electron chi connectivity index (χ2n) is 3.93. The first-order chi connectivity index (χ1) is 6.30. The van der Waals surface area contributed by atoms with Gasteiger partial charge in [0.05, 0.1) is 18.9 Å². The molecule has 2 aliphatic heterocycles. The van der Waals surface area contributed by atoms with Gasteiger partial charge in [-0.3, -0.25) is 4.99 Å². The quantitative estimate of drug-likeness (QED) is 0.566. The Kier molecular flexibility index (Phi) is 1.44. The third-order valence-corrected chi connectivity index (χ3v) is 2.98. The fourth-order valence-corrected chi connectivity index (χ4v) is 2.43. The van der Waals surface area contributed by atoms with Gasteiger partial charge in [0, 0.05) is 18.6 Å². The number of nitrogens with zero attached hydrogens (tertiary/aromatic N) is 1. The van der Waals surface area contributed by atoms with E-state index in [0.717, 1.165) is 25.0 Å². The van der Waals surface area contributed by atoms with E-state index in [-0.39, 0.29) is 0 Å². The van der Waals surface area contributed by atoms with E-state index in [9.17, 15) is 0 Å². The zero-order chi connectivity index (χ0) is 8.89. The standard InChI is InChI=1S/C10H13NO2/c1-7-6-8-2-3-10(9(8)11-7)12-4-5-13-10/h2-6H2,1H3. The van der Waals surface area contributed by atoms with E-state index >= 15 is 0 Å². The molecule has 2 heterocycles. The molecule has 1 saturated heterocycles. The topological polar surface area (TPSA) is 30.8 Å². The summed E-state index contributed by atoms with van der Waals surface area (Å²) in [7, 11) is 0. The highest BCUT2D eigenvalue weighted by Gasteiger charge is 2.47. The van der Waals surface area contributed by atoms with Crippen LogP contribution in [0.1, 0.15) is 26.2 Å². The molecule has 0 aromatic rings. The summed E-state index contributed by atoms with van der Waals surface area (Å²) in [6.45, 7) is 3.50. The fourth-order valence-electron chi connectivity index (χ4n) is 2.43. The molecule has 0 saturated carbocycles. The summed E-state index contributed by atoms with van der Waals surface area (Å²) < 4.78 is 11.4. The van der Waals surface area contributed by atoms with Gasteiger partial charge in [0.15, 0.2) is 0 Å². The first-order valence-electron chi connectivity index (χ1n) is 4.85. The van der Waals surface area contributed by atoms with Crippen molar-refractivity contribution >= 4 is 5.71 Å². The van der Waals surface area contributed by atoms with E-state index in [1.807, 2.05) is 0 Å². The maximum absolute atomic E-state index is 5.68. The first-order valence-corrected chi connectivity index (χ1v) is 4.85. The summed E-state index contributed by atoms with van der Waals surface area (Å²) >= 11 is 0. The summed E-state index contributed by atoms with van der Waals surface area (Å²) in [5, 5.41) is 0. The Morgan fingerprint density at radius 3 is 2.85 bits per heavy atom. The lowest BCUT2D eigenvalue weighted by Gasteiger charge is -2.22. The van der Waals surface area contributed by atoms with Crippen molar-refractivity contribution < 1.29 is 9.47 Å². The van der Waals surface area contributed by atoms with Crippen LogP contribution in [0.4, 0.5) is 0 Å². The number of hydrogen-bond donors (Lipinski definition) is 0. The van der Waals surface area contributed by atoms with E-state index in [1.54, 1.807) is 0 Å². The molecule has 3 rings (SSSR count). The molecule has 1 aliphatic carbocycles. The Morgan fingerprint density at radius 1 is 1.31 bits per heavy atom. The first kappa shape index (κ1) is 7.71. The molecule has 0 aromatic carbocycles. The van der Waals surface area contributed by atoms with Crippen LogP contribution in [0.25, 0.3) is 0 Å². The Morgan fingerprint density at radius 2 is 2.08 bits per heavy atom. The molecule has 13 heavy (non-hydrogen) atoms. The molecule has 0 atom stereocenters. The number of fused-ring (bicyclic) bond motifs is 1. The SMILES string of the molecule is CC1=NC2=C(CCC23OCCO3)C1. The van der Waals surface area contributed by atoms with E-state index in [2.05, 4.69) is 11.9 Å². The summed E-state index contributed by atoms with van der Waals surface area (Å²) in [6.07, 6.45) is 3.09. The average Bonchev–Trinajstić information content (AvgIpc) is 2.73. The van der Waals surface area contributed by atoms with Crippen LogP contribution in [-0.2, 0) is 9.47 Å². The summed E-state index contributed by atoms with van der Waals surface area (Å²) in [5.74, 6) is -0.437. The molecule has 0 unspecified atom stereocenters. The van der Waals surface area contributed by atoms with Crippen LogP contribution in [0, 0.1) is 0 Å². The normalized spacial score (nSPS) is 30.1. The highest BCUT2D eigenvalue weighted by atomic mass is 16.7. The summed E-state index contributed by atoms with van der Waals surface area (Å²) in [4.78, 5) is 4.53. The van der Waals surface area contributed by atoms with Crippen LogP contribution in [0.5, 0.6) is 0 Å². The summed E-state index contributed by atoms with van der Waals surface area (Å²) in [6, 6.07) is 0. The van der Waals surface area contributed by atoms with Crippen molar-refractivity contribution in [2.45, 2.75) is 32.0 Å². The number of allylic oxidation sites excluding steroid dienone is 1. The minimum Gasteiger partial charge on any atom is -0.342 e. The lowest BCUT2D eigenvalue weighted by Crippen LogP contribution is -2.28. The molecule has 0 amide bonds. The van der Waals surface area contributed by atoms with Crippen molar-refractivity contribution in [2.75, 3.05) is 13.2 Å². The van der Waals surface area contributed by atoms with E-state index < -0.39 is 5.79 Å². The van der Waals surface area contributed by atoms with Crippen molar-refractivity contribution in [1.82, 2.24) is 0 Å². The van der Waals surface area contributed by atoms with Crippen LogP contribution in [-0.4, -0.2) is 24.7 Å². The van der Waals surface area contributed by atoms with Crippen molar-refractivity contribution in [1.29, 1.82) is 0 Å². The molecule has 0 bridgehead atoms. The molecule has 3 nitrogen and oxygen atoms in total. The molecule has 70 valence electrons. The monoisotopic (exact) mass is 179 g/mol. The molecule has 3 aliphatic rings. The number of rotatable bonds is 0. The van der Waals surface area contributed by atoms with Crippen molar-refractivity contribution in [3.63, 3.8) is 0 Å².